The third-order valence-electron chi connectivity index (χ3n) is 3.49. The zero-order valence-corrected chi connectivity index (χ0v) is 12.2. The number of carboxylic acid groups (broad SMARTS) is 1. The van der Waals surface area contributed by atoms with E-state index in [4.69, 9.17) is 14.6 Å². The van der Waals surface area contributed by atoms with Gasteiger partial charge in [-0.25, -0.2) is 0 Å². The first-order valence-electron chi connectivity index (χ1n) is 6.86. The number of amides is 1. The number of carboxylic acids is 1. The van der Waals surface area contributed by atoms with Crippen molar-refractivity contribution in [2.75, 3.05) is 20.3 Å². The van der Waals surface area contributed by atoms with Crippen LogP contribution in [0.15, 0.2) is 18.2 Å². The van der Waals surface area contributed by atoms with E-state index in [1.54, 1.807) is 18.1 Å². The average molecular weight is 293 g/mol. The first-order chi connectivity index (χ1) is 10.1. The Hall–Kier alpha value is -2.24. The van der Waals surface area contributed by atoms with Crippen LogP contribution in [0.25, 0.3) is 0 Å². The fourth-order valence-corrected chi connectivity index (χ4v) is 2.45. The molecule has 1 aliphatic heterocycles. The number of para-hydroxylation sites is 1. The maximum absolute atomic E-state index is 11.9. The molecular weight excluding hydrogens is 274 g/mol. The minimum atomic E-state index is -0.929. The second-order valence-electron chi connectivity index (χ2n) is 4.90. The first-order valence-corrected chi connectivity index (χ1v) is 6.86. The number of hydrogen-bond acceptors (Lipinski definition) is 4. The second-order valence-corrected chi connectivity index (χ2v) is 4.90. The molecule has 21 heavy (non-hydrogen) atoms. The van der Waals surface area contributed by atoms with Crippen LogP contribution < -0.4 is 9.47 Å². The quantitative estimate of drug-likeness (QED) is 0.860. The molecule has 0 bridgehead atoms. The minimum absolute atomic E-state index is 0.0588. The maximum atomic E-state index is 11.9. The van der Waals surface area contributed by atoms with E-state index in [9.17, 15) is 9.59 Å². The van der Waals surface area contributed by atoms with Gasteiger partial charge in [0.2, 0.25) is 5.91 Å². The number of nitrogens with zero attached hydrogens (tertiary/aromatic N) is 1. The Bertz CT molecular complexity index is 543. The lowest BCUT2D eigenvalue weighted by Gasteiger charge is -2.19. The Labute approximate surface area is 123 Å². The van der Waals surface area contributed by atoms with E-state index in [0.717, 1.165) is 5.56 Å². The van der Waals surface area contributed by atoms with Crippen molar-refractivity contribution in [3.63, 3.8) is 0 Å². The molecule has 0 radical (unpaired) electrons. The Morgan fingerprint density at radius 2 is 2.24 bits per heavy atom. The number of rotatable bonds is 6. The molecule has 1 aromatic carbocycles. The van der Waals surface area contributed by atoms with Gasteiger partial charge in [-0.1, -0.05) is 12.1 Å². The van der Waals surface area contributed by atoms with Gasteiger partial charge in [0.05, 0.1) is 19.6 Å². The smallest absolute Gasteiger partial charge is 0.308 e. The number of methoxy groups -OCH3 is 1. The summed E-state index contributed by atoms with van der Waals surface area (Å²) in [6.45, 7) is 2.92. The van der Waals surface area contributed by atoms with Crippen LogP contribution in [0.1, 0.15) is 18.9 Å². The normalized spacial score (nSPS) is 17.9. The maximum Gasteiger partial charge on any atom is 0.308 e. The highest BCUT2D eigenvalue weighted by atomic mass is 16.5. The Balaban J connectivity index is 2.19. The third kappa shape index (κ3) is 3.26. The zero-order chi connectivity index (χ0) is 15.4. The van der Waals surface area contributed by atoms with E-state index >= 15 is 0 Å². The SMILES string of the molecule is CCOc1c(CN2CC(C(=O)O)CC2=O)cccc1OC. The number of benzene rings is 1. The molecule has 1 N–H and O–H groups in total. The summed E-state index contributed by atoms with van der Waals surface area (Å²) in [6, 6.07) is 5.47. The molecule has 0 spiro atoms. The molecule has 6 heteroatoms. The van der Waals surface area contributed by atoms with Gasteiger partial charge in [-0.05, 0) is 13.0 Å². The Morgan fingerprint density at radius 3 is 2.81 bits per heavy atom. The van der Waals surface area contributed by atoms with Crippen molar-refractivity contribution in [1.29, 1.82) is 0 Å². The van der Waals surface area contributed by atoms with Crippen molar-refractivity contribution in [3.8, 4) is 11.5 Å². The highest BCUT2D eigenvalue weighted by Gasteiger charge is 2.34. The summed E-state index contributed by atoms with van der Waals surface area (Å²) < 4.78 is 10.9. The van der Waals surface area contributed by atoms with Crippen molar-refractivity contribution < 1.29 is 24.2 Å². The summed E-state index contributed by atoms with van der Waals surface area (Å²) in [4.78, 5) is 24.5. The zero-order valence-electron chi connectivity index (χ0n) is 12.2. The third-order valence-corrected chi connectivity index (χ3v) is 3.49. The van der Waals surface area contributed by atoms with Gasteiger partial charge >= 0.3 is 5.97 Å². The first kappa shape index (κ1) is 15.2. The van der Waals surface area contributed by atoms with E-state index in [0.29, 0.717) is 24.7 Å². The van der Waals surface area contributed by atoms with Crippen molar-refractivity contribution in [2.24, 2.45) is 5.92 Å². The molecule has 1 amide bonds. The van der Waals surface area contributed by atoms with Gasteiger partial charge in [-0.15, -0.1) is 0 Å². The van der Waals surface area contributed by atoms with Crippen LogP contribution in [-0.4, -0.2) is 42.1 Å². The van der Waals surface area contributed by atoms with Crippen molar-refractivity contribution >= 4 is 11.9 Å². The number of carbonyl (C=O) groups is 2. The molecular formula is C15H19NO5. The summed E-state index contributed by atoms with van der Waals surface area (Å²) in [5.74, 6) is -0.488. The van der Waals surface area contributed by atoms with E-state index in [1.165, 1.54) is 0 Å². The molecule has 0 aliphatic carbocycles. The van der Waals surface area contributed by atoms with Crippen LogP contribution in [0.5, 0.6) is 11.5 Å². The molecule has 1 aliphatic rings. The van der Waals surface area contributed by atoms with E-state index in [2.05, 4.69) is 0 Å². The largest absolute Gasteiger partial charge is 0.493 e. The topological polar surface area (TPSA) is 76.1 Å². The van der Waals surface area contributed by atoms with Gasteiger partial charge < -0.3 is 19.5 Å². The second kappa shape index (κ2) is 6.47. The number of likely N-dealkylation sites (tertiary alicyclic amines) is 1. The molecule has 1 aromatic rings. The molecule has 0 saturated carbocycles. The summed E-state index contributed by atoms with van der Waals surface area (Å²) in [5.41, 5.74) is 0.815. The van der Waals surface area contributed by atoms with Crippen LogP contribution in [-0.2, 0) is 16.1 Å². The molecule has 2 rings (SSSR count). The lowest BCUT2D eigenvalue weighted by molar-refractivity contribution is -0.141. The van der Waals surface area contributed by atoms with Gasteiger partial charge in [0.15, 0.2) is 11.5 Å². The highest BCUT2D eigenvalue weighted by molar-refractivity contribution is 5.86. The van der Waals surface area contributed by atoms with Crippen LogP contribution in [0.2, 0.25) is 0 Å². The number of carbonyl (C=O) groups excluding carboxylic acids is 1. The van der Waals surface area contributed by atoms with Gasteiger partial charge in [0.1, 0.15) is 0 Å². The molecule has 0 aromatic heterocycles. The van der Waals surface area contributed by atoms with E-state index in [-0.39, 0.29) is 18.9 Å². The van der Waals surface area contributed by atoms with Crippen molar-refractivity contribution in [1.82, 2.24) is 4.90 Å². The van der Waals surface area contributed by atoms with Gasteiger partial charge in [0.25, 0.3) is 0 Å². The number of aliphatic carboxylic acids is 1. The summed E-state index contributed by atoms with van der Waals surface area (Å²) in [7, 11) is 1.56. The molecule has 1 atom stereocenters. The Morgan fingerprint density at radius 1 is 1.48 bits per heavy atom. The van der Waals surface area contributed by atoms with Crippen LogP contribution in [0.3, 0.4) is 0 Å². The predicted molar refractivity (Wildman–Crippen MR) is 75.3 cm³/mol. The van der Waals surface area contributed by atoms with Gasteiger partial charge in [-0.3, -0.25) is 9.59 Å². The molecule has 6 nitrogen and oxygen atoms in total. The summed E-state index contributed by atoms with van der Waals surface area (Å²) in [6.07, 6.45) is 0.0588. The summed E-state index contributed by atoms with van der Waals surface area (Å²) >= 11 is 0. The molecule has 1 fully saturated rings. The molecule has 1 saturated heterocycles. The minimum Gasteiger partial charge on any atom is -0.493 e. The lowest BCUT2D eigenvalue weighted by Crippen LogP contribution is -2.26. The fraction of sp³-hybridized carbons (Fsp3) is 0.467. The molecule has 1 heterocycles. The van der Waals surface area contributed by atoms with Crippen LogP contribution in [0.4, 0.5) is 0 Å². The van der Waals surface area contributed by atoms with Crippen LogP contribution in [0, 0.1) is 5.92 Å². The van der Waals surface area contributed by atoms with E-state index in [1.807, 2.05) is 19.1 Å². The monoisotopic (exact) mass is 293 g/mol. The fourth-order valence-electron chi connectivity index (χ4n) is 2.45. The number of ether oxygens (including phenoxy) is 2. The van der Waals surface area contributed by atoms with Gasteiger partial charge in [-0.2, -0.15) is 0 Å². The van der Waals surface area contributed by atoms with Crippen LogP contribution >= 0.6 is 0 Å². The predicted octanol–water partition coefficient (Wildman–Crippen LogP) is 1.53. The van der Waals surface area contributed by atoms with Crippen molar-refractivity contribution in [2.45, 2.75) is 19.9 Å². The van der Waals surface area contributed by atoms with E-state index < -0.39 is 11.9 Å². The lowest BCUT2D eigenvalue weighted by atomic mass is 10.1. The van der Waals surface area contributed by atoms with Gasteiger partial charge in [0, 0.05) is 25.1 Å². The number of hydrogen-bond donors (Lipinski definition) is 1. The Kier molecular flexibility index (Phi) is 4.67. The molecule has 114 valence electrons. The highest BCUT2D eigenvalue weighted by Crippen LogP contribution is 2.33. The summed E-state index contributed by atoms with van der Waals surface area (Å²) in [5, 5.41) is 9.01. The average Bonchev–Trinajstić information content (AvgIpc) is 2.82. The van der Waals surface area contributed by atoms with Crippen molar-refractivity contribution in [3.05, 3.63) is 23.8 Å². The molecule has 1 unspecified atom stereocenters. The standard InChI is InChI=1S/C15H19NO5/c1-3-21-14-10(5-4-6-12(14)20-2)8-16-9-11(15(18)19)7-13(16)17/h4-6,11H,3,7-9H2,1-2H3,(H,18,19).